The second-order valence-corrected chi connectivity index (χ2v) is 7.19. The molecular weight excluding hydrogens is 376 g/mol. The van der Waals surface area contributed by atoms with Gasteiger partial charge in [-0.1, -0.05) is 0 Å². The molecule has 1 unspecified atom stereocenters. The lowest BCUT2D eigenvalue weighted by molar-refractivity contribution is 0.144. The summed E-state index contributed by atoms with van der Waals surface area (Å²) in [7, 11) is 0. The van der Waals surface area contributed by atoms with E-state index in [9.17, 15) is 8.78 Å². The number of piperidine rings is 1. The van der Waals surface area contributed by atoms with Gasteiger partial charge in [-0.25, -0.2) is 23.3 Å². The maximum atomic E-state index is 13.1. The first-order valence-electron chi connectivity index (χ1n) is 9.52. The molecule has 5 heterocycles. The molecule has 0 saturated carbocycles. The number of aromatic amines is 1. The normalized spacial score (nSPS) is 17.3. The molecule has 1 saturated heterocycles. The maximum Gasteiger partial charge on any atom is 0.282 e. The van der Waals surface area contributed by atoms with Crippen molar-refractivity contribution in [3.8, 4) is 11.3 Å². The van der Waals surface area contributed by atoms with Gasteiger partial charge in [-0.3, -0.25) is 5.10 Å². The van der Waals surface area contributed by atoms with Gasteiger partial charge in [-0.15, -0.1) is 0 Å². The van der Waals surface area contributed by atoms with Gasteiger partial charge in [0.25, 0.3) is 6.43 Å². The predicted octanol–water partition coefficient (Wildman–Crippen LogP) is 3.84. The van der Waals surface area contributed by atoms with Crippen LogP contribution in [0.25, 0.3) is 16.9 Å². The Kier molecular flexibility index (Phi) is 4.42. The first-order valence-corrected chi connectivity index (χ1v) is 9.52. The summed E-state index contributed by atoms with van der Waals surface area (Å²) in [6, 6.07) is 6.68. The van der Waals surface area contributed by atoms with Gasteiger partial charge in [0.2, 0.25) is 0 Å². The van der Waals surface area contributed by atoms with Crippen LogP contribution in [0.1, 0.15) is 36.4 Å². The third-order valence-corrected chi connectivity index (χ3v) is 5.38. The molecule has 1 aliphatic rings. The molecule has 148 valence electrons. The van der Waals surface area contributed by atoms with Crippen LogP contribution in [-0.2, 0) is 0 Å². The van der Waals surface area contributed by atoms with Crippen molar-refractivity contribution in [2.24, 2.45) is 0 Å². The summed E-state index contributed by atoms with van der Waals surface area (Å²) in [4.78, 5) is 11.1. The van der Waals surface area contributed by atoms with Crippen molar-refractivity contribution in [3.05, 3.63) is 60.3 Å². The fourth-order valence-electron chi connectivity index (χ4n) is 3.89. The Morgan fingerprint density at radius 3 is 2.90 bits per heavy atom. The largest absolute Gasteiger partial charge is 0.356 e. The van der Waals surface area contributed by atoms with Crippen LogP contribution >= 0.6 is 0 Å². The van der Waals surface area contributed by atoms with Gasteiger partial charge in [0.1, 0.15) is 11.5 Å². The van der Waals surface area contributed by atoms with Crippen molar-refractivity contribution in [2.75, 3.05) is 18.0 Å². The highest BCUT2D eigenvalue weighted by Crippen LogP contribution is 2.30. The Bertz CT molecular complexity index is 1120. The fourth-order valence-corrected chi connectivity index (χ4v) is 3.89. The lowest BCUT2D eigenvalue weighted by Gasteiger charge is -2.33. The van der Waals surface area contributed by atoms with Gasteiger partial charge in [0.05, 0.1) is 18.1 Å². The van der Waals surface area contributed by atoms with Crippen molar-refractivity contribution in [2.45, 2.75) is 25.2 Å². The number of alkyl halides is 2. The monoisotopic (exact) mass is 395 g/mol. The second kappa shape index (κ2) is 7.23. The number of rotatable bonds is 4. The minimum atomic E-state index is -2.63. The zero-order valence-corrected chi connectivity index (χ0v) is 15.5. The summed E-state index contributed by atoms with van der Waals surface area (Å²) in [5.74, 6) is 1.26. The van der Waals surface area contributed by atoms with E-state index in [4.69, 9.17) is 0 Å². The molecular formula is C20H19F2N7. The number of H-pyrrole nitrogens is 1. The molecule has 5 rings (SSSR count). The molecule has 0 bridgehead atoms. The number of pyridine rings is 1. The van der Waals surface area contributed by atoms with Crippen LogP contribution in [0, 0.1) is 0 Å². The van der Waals surface area contributed by atoms with Crippen LogP contribution in [0.15, 0.2) is 49.1 Å². The third kappa shape index (κ3) is 3.32. The molecule has 4 aromatic rings. The van der Waals surface area contributed by atoms with Crippen LogP contribution in [0.4, 0.5) is 14.6 Å². The smallest absolute Gasteiger partial charge is 0.282 e. The summed E-state index contributed by atoms with van der Waals surface area (Å²) in [5.41, 5.74) is 2.96. The number of halogens is 2. The molecule has 0 radical (unpaired) electrons. The van der Waals surface area contributed by atoms with E-state index in [0.29, 0.717) is 17.3 Å². The Morgan fingerprint density at radius 2 is 2.07 bits per heavy atom. The number of aromatic nitrogens is 6. The molecule has 0 amide bonds. The van der Waals surface area contributed by atoms with Crippen LogP contribution in [0.5, 0.6) is 0 Å². The van der Waals surface area contributed by atoms with Gasteiger partial charge in [0.15, 0.2) is 5.65 Å². The van der Waals surface area contributed by atoms with Gasteiger partial charge < -0.3 is 4.90 Å². The van der Waals surface area contributed by atoms with E-state index >= 15 is 0 Å². The van der Waals surface area contributed by atoms with Crippen LogP contribution < -0.4 is 4.90 Å². The van der Waals surface area contributed by atoms with Crippen molar-refractivity contribution in [1.29, 1.82) is 0 Å². The van der Waals surface area contributed by atoms with E-state index < -0.39 is 6.43 Å². The fraction of sp³-hybridized carbons (Fsp3) is 0.300. The first kappa shape index (κ1) is 17.7. The number of nitrogens with zero attached hydrogens (tertiary/aromatic N) is 6. The molecule has 1 fully saturated rings. The number of fused-ring (bicyclic) bond motifs is 1. The van der Waals surface area contributed by atoms with Crippen molar-refractivity contribution in [1.82, 2.24) is 29.8 Å². The summed E-state index contributed by atoms with van der Waals surface area (Å²) in [5, 5.41) is 11.0. The Balaban J connectivity index is 1.47. The van der Waals surface area contributed by atoms with E-state index in [1.807, 2.05) is 24.5 Å². The average molecular weight is 395 g/mol. The molecule has 1 aliphatic heterocycles. The topological polar surface area (TPSA) is 75.0 Å². The Morgan fingerprint density at radius 1 is 1.14 bits per heavy atom. The van der Waals surface area contributed by atoms with Gasteiger partial charge >= 0.3 is 0 Å². The number of hydrogen-bond donors (Lipinski definition) is 1. The number of hydrogen-bond acceptors (Lipinski definition) is 5. The minimum Gasteiger partial charge on any atom is -0.356 e. The molecule has 0 aromatic carbocycles. The van der Waals surface area contributed by atoms with Crippen LogP contribution in [0.3, 0.4) is 0 Å². The average Bonchev–Trinajstić information content (AvgIpc) is 3.43. The zero-order chi connectivity index (χ0) is 19.8. The minimum absolute atomic E-state index is 0.273. The van der Waals surface area contributed by atoms with E-state index in [1.54, 1.807) is 18.5 Å². The number of anilines is 1. The van der Waals surface area contributed by atoms with Crippen LogP contribution in [0.2, 0.25) is 0 Å². The molecule has 29 heavy (non-hydrogen) atoms. The SMILES string of the molecule is FC(F)c1ccc2ncc(-c3ccnc(N4CCCC(c5cn[nH]c5)C4)c3)n2n1. The highest BCUT2D eigenvalue weighted by molar-refractivity contribution is 5.66. The van der Waals surface area contributed by atoms with Crippen molar-refractivity contribution in [3.63, 3.8) is 0 Å². The highest BCUT2D eigenvalue weighted by Gasteiger charge is 2.23. The summed E-state index contributed by atoms with van der Waals surface area (Å²) in [6.07, 6.45) is 6.77. The summed E-state index contributed by atoms with van der Waals surface area (Å²) in [6.45, 7) is 1.78. The molecule has 0 aliphatic carbocycles. The molecule has 0 spiro atoms. The van der Waals surface area contributed by atoms with E-state index in [1.165, 1.54) is 16.1 Å². The molecule has 7 nitrogen and oxygen atoms in total. The van der Waals surface area contributed by atoms with E-state index in [0.717, 1.165) is 37.3 Å². The van der Waals surface area contributed by atoms with Gasteiger partial charge in [-0.2, -0.15) is 10.2 Å². The lowest BCUT2D eigenvalue weighted by Crippen LogP contribution is -2.34. The maximum absolute atomic E-state index is 13.1. The van der Waals surface area contributed by atoms with Crippen molar-refractivity contribution < 1.29 is 8.78 Å². The Hall–Kier alpha value is -3.36. The second-order valence-electron chi connectivity index (χ2n) is 7.19. The van der Waals surface area contributed by atoms with Gasteiger partial charge in [0, 0.05) is 37.0 Å². The van der Waals surface area contributed by atoms with E-state index in [2.05, 4.69) is 30.2 Å². The summed E-state index contributed by atoms with van der Waals surface area (Å²) >= 11 is 0. The van der Waals surface area contributed by atoms with Crippen LogP contribution in [-0.4, -0.2) is 42.9 Å². The van der Waals surface area contributed by atoms with E-state index in [-0.39, 0.29) is 5.69 Å². The quantitative estimate of drug-likeness (QED) is 0.568. The Labute approximate surface area is 165 Å². The third-order valence-electron chi connectivity index (χ3n) is 5.38. The summed E-state index contributed by atoms with van der Waals surface area (Å²) < 4.78 is 27.6. The highest BCUT2D eigenvalue weighted by atomic mass is 19.3. The first-order chi connectivity index (χ1) is 14.2. The van der Waals surface area contributed by atoms with Crippen molar-refractivity contribution >= 4 is 11.5 Å². The molecule has 1 N–H and O–H groups in total. The molecule has 4 aromatic heterocycles. The number of nitrogens with one attached hydrogen (secondary N) is 1. The standard InChI is InChI=1S/C20H19F2N7/c21-20(22)16-3-4-18-24-11-17(29(18)27-16)13-5-6-23-19(8-13)28-7-1-2-14(12-28)15-9-25-26-10-15/h3-6,8-11,14,20H,1-2,7,12H2,(H,25,26). The lowest BCUT2D eigenvalue weighted by atomic mass is 9.93. The zero-order valence-electron chi connectivity index (χ0n) is 15.5. The molecule has 1 atom stereocenters. The van der Waals surface area contributed by atoms with Gasteiger partial charge in [-0.05, 0) is 42.7 Å². The number of imidazole rings is 1. The molecule has 9 heteroatoms. The predicted molar refractivity (Wildman–Crippen MR) is 104 cm³/mol.